The highest BCUT2D eigenvalue weighted by Crippen LogP contribution is 2.41. The third kappa shape index (κ3) is 5.18. The first-order chi connectivity index (χ1) is 16.5. The van der Waals surface area contributed by atoms with Gasteiger partial charge in [0.05, 0.1) is 31.5 Å². The average Bonchev–Trinajstić information content (AvgIpc) is 2.86. The zero-order valence-electron chi connectivity index (χ0n) is 20.0. The molecule has 0 aliphatic heterocycles. The zero-order chi connectivity index (χ0) is 24.1. The van der Waals surface area contributed by atoms with E-state index in [0.717, 1.165) is 51.0 Å². The first-order valence-electron chi connectivity index (χ1n) is 11.3. The summed E-state index contributed by atoms with van der Waals surface area (Å²) < 4.78 is 12.7. The van der Waals surface area contributed by atoms with E-state index in [0.29, 0.717) is 5.88 Å². The van der Waals surface area contributed by atoms with Gasteiger partial charge >= 0.3 is 0 Å². The van der Waals surface area contributed by atoms with Crippen LogP contribution in [0.25, 0.3) is 10.9 Å². The smallest absolute Gasteiger partial charge is 0.219 e. The Morgan fingerprint density at radius 2 is 1.59 bits per heavy atom. The fraction of sp³-hybridized carbons (Fsp3) is 0.250. The van der Waals surface area contributed by atoms with Crippen LogP contribution in [0.3, 0.4) is 0 Å². The minimum atomic E-state index is -0.136. The van der Waals surface area contributed by atoms with Gasteiger partial charge in [0.2, 0.25) is 5.88 Å². The second kappa shape index (κ2) is 10.9. The topological polar surface area (TPSA) is 37.8 Å². The van der Waals surface area contributed by atoms with Gasteiger partial charge in [0.1, 0.15) is 5.75 Å². The largest absolute Gasteiger partial charge is 0.495 e. The van der Waals surface area contributed by atoms with Crippen LogP contribution >= 0.6 is 15.9 Å². The van der Waals surface area contributed by atoms with E-state index in [1.54, 1.807) is 14.2 Å². The van der Waals surface area contributed by atoms with Crippen molar-refractivity contribution in [3.05, 3.63) is 94.5 Å². The fourth-order valence-corrected chi connectivity index (χ4v) is 4.61. The van der Waals surface area contributed by atoms with Crippen LogP contribution in [0.5, 0.6) is 11.6 Å². The minimum absolute atomic E-state index is 0.136. The summed E-state index contributed by atoms with van der Waals surface area (Å²) in [5.41, 5.74) is 4.08. The number of pyridine rings is 1. The summed E-state index contributed by atoms with van der Waals surface area (Å²) in [6.07, 6.45) is 0. The van der Waals surface area contributed by atoms with Gasteiger partial charge in [-0.3, -0.25) is 0 Å². The number of aromatic nitrogens is 1. The lowest BCUT2D eigenvalue weighted by Crippen LogP contribution is -2.36. The molecule has 0 amide bonds. The van der Waals surface area contributed by atoms with Crippen molar-refractivity contribution in [2.75, 3.05) is 46.3 Å². The second-order valence-electron chi connectivity index (χ2n) is 8.41. The summed E-state index contributed by atoms with van der Waals surface area (Å²) in [5.74, 6) is 1.45. The molecule has 176 valence electrons. The molecule has 0 aliphatic rings. The van der Waals surface area contributed by atoms with Gasteiger partial charge in [0, 0.05) is 28.5 Å². The quantitative estimate of drug-likeness (QED) is 0.264. The molecule has 1 heterocycles. The number of rotatable bonds is 9. The average molecular weight is 520 g/mol. The van der Waals surface area contributed by atoms with Crippen LogP contribution in [0.4, 0.5) is 5.69 Å². The molecule has 1 unspecified atom stereocenters. The van der Waals surface area contributed by atoms with Gasteiger partial charge in [0.25, 0.3) is 0 Å². The van der Waals surface area contributed by atoms with E-state index in [-0.39, 0.29) is 6.04 Å². The van der Waals surface area contributed by atoms with E-state index in [1.165, 1.54) is 0 Å². The molecule has 0 radical (unpaired) electrons. The van der Waals surface area contributed by atoms with Crippen LogP contribution in [0.1, 0.15) is 17.2 Å². The number of benzene rings is 3. The van der Waals surface area contributed by atoms with E-state index in [1.807, 2.05) is 30.3 Å². The Hall–Kier alpha value is -3.09. The first-order valence-corrected chi connectivity index (χ1v) is 12.0. The lowest BCUT2D eigenvalue weighted by molar-refractivity contribution is 0.384. The Bertz CT molecular complexity index is 1250. The van der Waals surface area contributed by atoms with E-state index < -0.39 is 0 Å². The SMILES string of the molecule is COc1ccccc1N(CCN(C)C)C(c1ccccc1)c1cc2cc(Br)ccc2nc1OC. The van der Waals surface area contributed by atoms with Crippen molar-refractivity contribution < 1.29 is 9.47 Å². The van der Waals surface area contributed by atoms with Crippen molar-refractivity contribution in [3.8, 4) is 11.6 Å². The Morgan fingerprint density at radius 1 is 0.853 bits per heavy atom. The minimum Gasteiger partial charge on any atom is -0.495 e. The summed E-state index contributed by atoms with van der Waals surface area (Å²) in [6.45, 7) is 1.66. The molecular weight excluding hydrogens is 490 g/mol. The van der Waals surface area contributed by atoms with Crippen LogP contribution in [-0.4, -0.2) is 51.3 Å². The molecule has 0 saturated heterocycles. The summed E-state index contributed by atoms with van der Waals surface area (Å²) in [4.78, 5) is 9.46. The third-order valence-corrected chi connectivity index (χ3v) is 6.36. The molecule has 5 nitrogen and oxygen atoms in total. The zero-order valence-corrected chi connectivity index (χ0v) is 21.6. The van der Waals surface area contributed by atoms with Crippen molar-refractivity contribution >= 4 is 32.5 Å². The van der Waals surface area contributed by atoms with Crippen molar-refractivity contribution in [2.24, 2.45) is 0 Å². The standard InChI is InChI=1S/C28H30BrN3O2/c1-31(2)16-17-32(25-12-8-9-13-26(25)33-3)27(20-10-6-5-7-11-20)23-19-21-18-22(29)14-15-24(21)30-28(23)34-4/h5-15,18-19,27H,16-17H2,1-4H3. The van der Waals surface area contributed by atoms with Crippen LogP contribution in [-0.2, 0) is 0 Å². The second-order valence-corrected chi connectivity index (χ2v) is 9.32. The van der Waals surface area contributed by atoms with Crippen molar-refractivity contribution in [1.82, 2.24) is 9.88 Å². The van der Waals surface area contributed by atoms with Gasteiger partial charge < -0.3 is 19.3 Å². The predicted octanol–water partition coefficient (Wildman–Crippen LogP) is 6.17. The third-order valence-electron chi connectivity index (χ3n) is 5.87. The van der Waals surface area contributed by atoms with E-state index >= 15 is 0 Å². The number of halogens is 1. The summed E-state index contributed by atoms with van der Waals surface area (Å²) in [6, 6.07) is 26.9. The number of hydrogen-bond acceptors (Lipinski definition) is 5. The Labute approximate surface area is 210 Å². The fourth-order valence-electron chi connectivity index (χ4n) is 4.23. The van der Waals surface area contributed by atoms with Gasteiger partial charge in [-0.2, -0.15) is 0 Å². The summed E-state index contributed by atoms with van der Waals surface area (Å²) in [7, 11) is 7.59. The highest BCUT2D eigenvalue weighted by molar-refractivity contribution is 9.10. The molecular formula is C28H30BrN3O2. The molecule has 4 rings (SSSR count). The van der Waals surface area contributed by atoms with E-state index in [9.17, 15) is 0 Å². The Balaban J connectivity index is 1.98. The van der Waals surface area contributed by atoms with E-state index in [4.69, 9.17) is 14.5 Å². The number of fused-ring (bicyclic) bond motifs is 1. The van der Waals surface area contributed by atoms with Gasteiger partial charge in [-0.25, -0.2) is 4.98 Å². The molecule has 0 spiro atoms. The molecule has 1 aromatic heterocycles. The molecule has 6 heteroatoms. The number of hydrogen-bond donors (Lipinski definition) is 0. The lowest BCUT2D eigenvalue weighted by atomic mass is 9.95. The molecule has 1 atom stereocenters. The van der Waals surface area contributed by atoms with Crippen LogP contribution in [0, 0.1) is 0 Å². The maximum atomic E-state index is 5.86. The molecule has 4 aromatic rings. The molecule has 0 N–H and O–H groups in total. The van der Waals surface area contributed by atoms with Crippen LogP contribution < -0.4 is 14.4 Å². The van der Waals surface area contributed by atoms with Crippen molar-refractivity contribution in [1.29, 1.82) is 0 Å². The lowest BCUT2D eigenvalue weighted by Gasteiger charge is -2.36. The number of likely N-dealkylation sites (N-methyl/N-ethyl adjacent to an activating group) is 1. The highest BCUT2D eigenvalue weighted by Gasteiger charge is 2.29. The van der Waals surface area contributed by atoms with Gasteiger partial charge in [-0.15, -0.1) is 0 Å². The number of para-hydroxylation sites is 2. The predicted molar refractivity (Wildman–Crippen MR) is 143 cm³/mol. The monoisotopic (exact) mass is 519 g/mol. The normalized spacial score (nSPS) is 12.1. The highest BCUT2D eigenvalue weighted by atomic mass is 79.9. The first kappa shape index (κ1) is 24.0. The number of anilines is 1. The number of ether oxygens (including phenoxy) is 2. The maximum Gasteiger partial charge on any atom is 0.219 e. The molecule has 0 saturated carbocycles. The van der Waals surface area contributed by atoms with Crippen molar-refractivity contribution in [2.45, 2.75) is 6.04 Å². The van der Waals surface area contributed by atoms with Crippen LogP contribution in [0.15, 0.2) is 83.3 Å². The molecule has 0 fully saturated rings. The summed E-state index contributed by atoms with van der Waals surface area (Å²) >= 11 is 3.61. The number of methoxy groups -OCH3 is 2. The van der Waals surface area contributed by atoms with Gasteiger partial charge in [-0.05, 0) is 56.1 Å². The maximum absolute atomic E-state index is 5.86. The number of nitrogens with zero attached hydrogens (tertiary/aromatic N) is 3. The van der Waals surface area contributed by atoms with Gasteiger partial charge in [0.15, 0.2) is 0 Å². The van der Waals surface area contributed by atoms with Crippen LogP contribution in [0.2, 0.25) is 0 Å². The summed E-state index contributed by atoms with van der Waals surface area (Å²) in [5, 5.41) is 1.05. The Kier molecular flexibility index (Phi) is 7.70. The molecule has 0 aliphatic carbocycles. The van der Waals surface area contributed by atoms with Gasteiger partial charge in [-0.1, -0.05) is 58.4 Å². The molecule has 0 bridgehead atoms. The molecule has 34 heavy (non-hydrogen) atoms. The van der Waals surface area contributed by atoms with E-state index in [2.05, 4.69) is 88.4 Å². The van der Waals surface area contributed by atoms with Crippen molar-refractivity contribution in [3.63, 3.8) is 0 Å². The molecule has 3 aromatic carbocycles. The Morgan fingerprint density at radius 3 is 2.29 bits per heavy atom.